The summed E-state index contributed by atoms with van der Waals surface area (Å²) in [4.78, 5) is 35.7. The minimum atomic E-state index is -5.11. The van der Waals surface area contributed by atoms with E-state index in [4.69, 9.17) is 18.5 Å². The quantitative estimate of drug-likeness (QED) is 0.0147. The molecule has 0 aromatic rings. The van der Waals surface area contributed by atoms with Crippen molar-refractivity contribution >= 4 is 19.8 Å². The van der Waals surface area contributed by atoms with Crippen LogP contribution in [0, 0.1) is 0 Å². The number of hydrogen-bond acceptors (Lipinski definition) is 12. The number of phosphoric ester groups is 1. The normalized spacial score (nSPS) is 22.2. The zero-order valence-electron chi connectivity index (χ0n) is 38.0. The first-order valence-corrected chi connectivity index (χ1v) is 25.6. The van der Waals surface area contributed by atoms with Crippen molar-refractivity contribution in [3.63, 3.8) is 0 Å². The second-order valence-corrected chi connectivity index (χ2v) is 18.4. The van der Waals surface area contributed by atoms with Gasteiger partial charge in [0, 0.05) is 12.8 Å². The number of esters is 2. The van der Waals surface area contributed by atoms with E-state index in [0.717, 1.165) is 64.2 Å². The van der Waals surface area contributed by atoms with Gasteiger partial charge in [-0.05, 0) is 44.9 Å². The number of carbonyl (C=O) groups is 2. The molecule has 0 saturated heterocycles. The molecule has 61 heavy (non-hydrogen) atoms. The van der Waals surface area contributed by atoms with Crippen LogP contribution >= 0.6 is 7.82 Å². The average molecular weight is 891 g/mol. The van der Waals surface area contributed by atoms with Gasteiger partial charge < -0.3 is 39.9 Å². The van der Waals surface area contributed by atoms with Gasteiger partial charge in [-0.1, -0.05) is 173 Å². The summed E-state index contributed by atoms with van der Waals surface area (Å²) in [5, 5.41) is 50.2. The van der Waals surface area contributed by atoms with E-state index in [1.807, 2.05) is 0 Å². The van der Waals surface area contributed by atoms with Gasteiger partial charge in [0.25, 0.3) is 0 Å². The fraction of sp³-hybridized carbons (Fsp3) is 0.872. The first kappa shape index (κ1) is 57.3. The van der Waals surface area contributed by atoms with Gasteiger partial charge in [0.1, 0.15) is 43.2 Å². The van der Waals surface area contributed by atoms with Crippen LogP contribution in [-0.2, 0) is 32.7 Å². The number of ether oxygens (including phenoxy) is 2. The third kappa shape index (κ3) is 30.2. The summed E-state index contributed by atoms with van der Waals surface area (Å²) in [6.07, 6.45) is 28.0. The van der Waals surface area contributed by atoms with E-state index in [0.29, 0.717) is 12.8 Å². The Morgan fingerprint density at radius 1 is 0.508 bits per heavy atom. The Morgan fingerprint density at radius 2 is 0.885 bits per heavy atom. The molecule has 0 radical (unpaired) electrons. The number of phosphoric acid groups is 1. The van der Waals surface area contributed by atoms with Crippen molar-refractivity contribution in [3.05, 3.63) is 24.3 Å². The summed E-state index contributed by atoms with van der Waals surface area (Å²) in [6.45, 7) is 3.28. The van der Waals surface area contributed by atoms with Crippen LogP contribution in [0.25, 0.3) is 0 Å². The lowest BCUT2D eigenvalue weighted by molar-refractivity contribution is -0.220. The Labute approximate surface area is 368 Å². The Bertz CT molecular complexity index is 1170. The first-order chi connectivity index (χ1) is 29.4. The number of unbranched alkanes of at least 4 members (excludes halogenated alkanes) is 24. The molecule has 0 aromatic heterocycles. The summed E-state index contributed by atoms with van der Waals surface area (Å²) in [6, 6.07) is 0. The van der Waals surface area contributed by atoms with Gasteiger partial charge in [-0.25, -0.2) is 4.57 Å². The van der Waals surface area contributed by atoms with E-state index >= 15 is 0 Å². The molecule has 0 bridgehead atoms. The van der Waals surface area contributed by atoms with Crippen molar-refractivity contribution in [2.24, 2.45) is 0 Å². The van der Waals surface area contributed by atoms with Crippen molar-refractivity contribution < 1.29 is 63.1 Å². The average Bonchev–Trinajstić information content (AvgIpc) is 3.24. The van der Waals surface area contributed by atoms with Crippen LogP contribution in [0.4, 0.5) is 0 Å². The van der Waals surface area contributed by atoms with Crippen LogP contribution in [0.1, 0.15) is 206 Å². The van der Waals surface area contributed by atoms with Gasteiger partial charge in [-0.3, -0.25) is 18.6 Å². The van der Waals surface area contributed by atoms with E-state index < -0.39 is 75.7 Å². The van der Waals surface area contributed by atoms with Gasteiger partial charge in [-0.15, -0.1) is 0 Å². The third-order valence-corrected chi connectivity index (χ3v) is 12.3. The van der Waals surface area contributed by atoms with Crippen molar-refractivity contribution in [2.75, 3.05) is 13.2 Å². The summed E-state index contributed by atoms with van der Waals surface area (Å²) in [7, 11) is -5.11. The van der Waals surface area contributed by atoms with Crippen LogP contribution in [-0.4, -0.2) is 98.3 Å². The zero-order valence-corrected chi connectivity index (χ0v) is 38.9. The zero-order chi connectivity index (χ0) is 45.0. The maximum Gasteiger partial charge on any atom is 0.472 e. The highest BCUT2D eigenvalue weighted by Gasteiger charge is 2.51. The monoisotopic (exact) mass is 891 g/mol. The molecule has 1 aliphatic rings. The Kier molecular flexibility index (Phi) is 35.4. The summed E-state index contributed by atoms with van der Waals surface area (Å²) < 4.78 is 33.6. The number of aliphatic hydroxyl groups is 5. The van der Waals surface area contributed by atoms with Gasteiger partial charge in [0.15, 0.2) is 6.10 Å². The van der Waals surface area contributed by atoms with Crippen LogP contribution in [0.5, 0.6) is 0 Å². The maximum atomic E-state index is 12.8. The lowest BCUT2D eigenvalue weighted by atomic mass is 9.85. The number of carbonyl (C=O) groups excluding carboxylic acids is 2. The molecule has 6 N–H and O–H groups in total. The van der Waals surface area contributed by atoms with Gasteiger partial charge in [-0.2, -0.15) is 0 Å². The van der Waals surface area contributed by atoms with Crippen molar-refractivity contribution in [3.8, 4) is 0 Å². The number of hydrogen-bond donors (Lipinski definition) is 6. The molecule has 1 fully saturated rings. The highest BCUT2D eigenvalue weighted by molar-refractivity contribution is 7.47. The summed E-state index contributed by atoms with van der Waals surface area (Å²) >= 11 is 0. The molecule has 14 heteroatoms. The minimum Gasteiger partial charge on any atom is -0.462 e. The van der Waals surface area contributed by atoms with E-state index in [9.17, 15) is 44.6 Å². The van der Waals surface area contributed by atoms with Crippen LogP contribution in [0.15, 0.2) is 24.3 Å². The SMILES string of the molecule is CCCCCC=CCC=CCCCCCCCCCCCC(=O)OCC(COP(=O)(O)OC1C(O)C(O)C(O)C(O)C1O)OC(=O)CCCCCCCCCCCCCCC. The summed E-state index contributed by atoms with van der Waals surface area (Å²) in [5.74, 6) is -1.10. The molecule has 0 aliphatic heterocycles. The molecule has 0 heterocycles. The fourth-order valence-electron chi connectivity index (χ4n) is 7.38. The molecule has 0 amide bonds. The maximum absolute atomic E-state index is 12.8. The molecule has 358 valence electrons. The highest BCUT2D eigenvalue weighted by atomic mass is 31.2. The third-order valence-electron chi connectivity index (χ3n) is 11.3. The van der Waals surface area contributed by atoms with Crippen LogP contribution in [0.2, 0.25) is 0 Å². The molecule has 1 aliphatic carbocycles. The number of allylic oxidation sites excluding steroid dienone is 4. The predicted molar refractivity (Wildman–Crippen MR) is 240 cm³/mol. The number of rotatable bonds is 40. The lowest BCUT2D eigenvalue weighted by Gasteiger charge is -2.41. The smallest absolute Gasteiger partial charge is 0.462 e. The molecule has 0 spiro atoms. The molecule has 0 aromatic carbocycles. The van der Waals surface area contributed by atoms with Gasteiger partial charge in [0.05, 0.1) is 6.61 Å². The summed E-state index contributed by atoms with van der Waals surface area (Å²) in [5.41, 5.74) is 0. The largest absolute Gasteiger partial charge is 0.472 e. The minimum absolute atomic E-state index is 0.1000. The van der Waals surface area contributed by atoms with Gasteiger partial charge >= 0.3 is 19.8 Å². The van der Waals surface area contributed by atoms with Crippen LogP contribution in [0.3, 0.4) is 0 Å². The molecule has 1 saturated carbocycles. The predicted octanol–water partition coefficient (Wildman–Crippen LogP) is 9.62. The molecule has 1 rings (SSSR count). The molecule has 13 nitrogen and oxygen atoms in total. The standard InChI is InChI=1S/C47H87O13P/c1-3-5-7-9-11-13-15-17-18-19-20-21-22-24-25-27-29-31-33-35-40(48)57-37-39(38-58-61(55,56)60-47-45(53)43(51)42(50)44(52)46(47)54)59-41(49)36-34-32-30-28-26-23-16-14-12-10-8-6-4-2/h11,13,17-18,39,42-47,50-54H,3-10,12,14-16,19-38H2,1-2H3,(H,55,56). The number of aliphatic hydroxyl groups excluding tert-OH is 5. The Balaban J connectivity index is 2.41. The van der Waals surface area contributed by atoms with Crippen LogP contribution < -0.4 is 0 Å². The highest BCUT2D eigenvalue weighted by Crippen LogP contribution is 2.47. The second-order valence-electron chi connectivity index (χ2n) is 17.0. The van der Waals surface area contributed by atoms with E-state index in [1.165, 1.54) is 103 Å². The van der Waals surface area contributed by atoms with Crippen molar-refractivity contribution in [1.29, 1.82) is 0 Å². The molecular weight excluding hydrogens is 803 g/mol. The second kappa shape index (κ2) is 37.7. The van der Waals surface area contributed by atoms with Crippen molar-refractivity contribution in [1.82, 2.24) is 0 Å². The Morgan fingerprint density at radius 3 is 1.36 bits per heavy atom. The van der Waals surface area contributed by atoms with Crippen molar-refractivity contribution in [2.45, 2.75) is 249 Å². The van der Waals surface area contributed by atoms with E-state index in [1.54, 1.807) is 0 Å². The van der Waals surface area contributed by atoms with E-state index in [-0.39, 0.29) is 12.8 Å². The molecule has 6 atom stereocenters. The molecular formula is C47H87O13P. The molecule has 6 unspecified atom stereocenters. The van der Waals surface area contributed by atoms with Gasteiger partial charge in [0.2, 0.25) is 0 Å². The Hall–Kier alpha value is -1.67. The fourth-order valence-corrected chi connectivity index (χ4v) is 8.35. The van der Waals surface area contributed by atoms with E-state index in [2.05, 4.69) is 38.2 Å². The topological polar surface area (TPSA) is 210 Å². The first-order valence-electron chi connectivity index (χ1n) is 24.1. The lowest BCUT2D eigenvalue weighted by Crippen LogP contribution is -2.64.